The van der Waals surface area contributed by atoms with Crippen LogP contribution in [-0.4, -0.2) is 52.6 Å². The highest BCUT2D eigenvalue weighted by Crippen LogP contribution is 2.14. The molecule has 0 aromatic carbocycles. The number of hydrogen-bond donors (Lipinski definition) is 1. The molecule has 0 aliphatic carbocycles. The normalized spacial score (nSPS) is 22.8. The quantitative estimate of drug-likeness (QED) is 0.857. The fourth-order valence-corrected chi connectivity index (χ4v) is 2.33. The summed E-state index contributed by atoms with van der Waals surface area (Å²) in [5.41, 5.74) is 1.03. The molecule has 4 heteroatoms. The van der Waals surface area contributed by atoms with E-state index >= 15 is 0 Å². The summed E-state index contributed by atoms with van der Waals surface area (Å²) in [5, 5.41) is 9.19. The molecule has 1 saturated heterocycles. The van der Waals surface area contributed by atoms with Crippen molar-refractivity contribution in [2.45, 2.75) is 25.9 Å². The van der Waals surface area contributed by atoms with E-state index in [-0.39, 0.29) is 5.75 Å². The largest absolute Gasteiger partial charge is 0.506 e. The lowest BCUT2D eigenvalue weighted by atomic mass is 10.1. The Bertz CT molecular complexity index is 352. The number of nitrogens with zero attached hydrogens (tertiary/aromatic N) is 3. The smallest absolute Gasteiger partial charge is 0.133 e. The van der Waals surface area contributed by atoms with Gasteiger partial charge in [-0.3, -0.25) is 9.88 Å². The lowest BCUT2D eigenvalue weighted by Crippen LogP contribution is -2.50. The van der Waals surface area contributed by atoms with Gasteiger partial charge in [0.25, 0.3) is 0 Å². The molecule has 17 heavy (non-hydrogen) atoms. The zero-order valence-corrected chi connectivity index (χ0v) is 10.6. The maximum atomic E-state index is 9.19. The molecule has 0 spiro atoms. The molecular formula is C13H21N3O. The van der Waals surface area contributed by atoms with Crippen LogP contribution >= 0.6 is 0 Å². The van der Waals surface area contributed by atoms with Gasteiger partial charge in [-0.05, 0) is 25.6 Å². The van der Waals surface area contributed by atoms with Crippen molar-refractivity contribution in [3.05, 3.63) is 24.0 Å². The third-order valence-corrected chi connectivity index (χ3v) is 3.53. The van der Waals surface area contributed by atoms with Gasteiger partial charge in [-0.2, -0.15) is 0 Å². The summed E-state index contributed by atoms with van der Waals surface area (Å²) in [5.74, 6) is 0.235. The van der Waals surface area contributed by atoms with E-state index in [1.807, 2.05) is 6.07 Å². The van der Waals surface area contributed by atoms with Crippen LogP contribution in [0.4, 0.5) is 0 Å². The monoisotopic (exact) mass is 235 g/mol. The van der Waals surface area contributed by atoms with Crippen molar-refractivity contribution in [1.29, 1.82) is 0 Å². The number of aromatic hydroxyl groups is 1. The van der Waals surface area contributed by atoms with Crippen molar-refractivity contribution in [3.8, 4) is 5.75 Å². The van der Waals surface area contributed by atoms with Crippen molar-refractivity contribution in [2.75, 3.05) is 26.7 Å². The van der Waals surface area contributed by atoms with Crippen molar-refractivity contribution in [1.82, 2.24) is 14.8 Å². The topological polar surface area (TPSA) is 39.6 Å². The van der Waals surface area contributed by atoms with E-state index in [0.29, 0.717) is 6.04 Å². The number of rotatable bonds is 3. The average molecular weight is 235 g/mol. The molecule has 1 N–H and O–H groups in total. The number of pyridine rings is 1. The second-order valence-electron chi connectivity index (χ2n) is 4.79. The Balaban J connectivity index is 1.93. The van der Waals surface area contributed by atoms with Crippen molar-refractivity contribution >= 4 is 0 Å². The molecule has 1 atom stereocenters. The van der Waals surface area contributed by atoms with E-state index in [4.69, 9.17) is 0 Å². The molecule has 1 aromatic rings. The fraction of sp³-hybridized carbons (Fsp3) is 0.615. The zero-order chi connectivity index (χ0) is 12.3. The minimum absolute atomic E-state index is 0.235. The molecule has 1 fully saturated rings. The number of aromatic nitrogens is 1. The summed E-state index contributed by atoms with van der Waals surface area (Å²) in [4.78, 5) is 9.11. The maximum Gasteiger partial charge on any atom is 0.133 e. The molecule has 4 nitrogen and oxygen atoms in total. The standard InChI is InChI=1S/C13H21N3O/c1-3-12-10-16(7-6-15(12)2)9-11-4-5-13(17)8-14-11/h4-5,8,12,17H,3,6-7,9-10H2,1-2H3. The Labute approximate surface area is 103 Å². The molecule has 1 aliphatic heterocycles. The van der Waals surface area contributed by atoms with E-state index in [9.17, 15) is 5.11 Å². The molecule has 0 saturated carbocycles. The van der Waals surface area contributed by atoms with Crippen LogP contribution in [-0.2, 0) is 6.54 Å². The van der Waals surface area contributed by atoms with Crippen LogP contribution in [0.1, 0.15) is 19.0 Å². The van der Waals surface area contributed by atoms with Crippen molar-refractivity contribution in [2.24, 2.45) is 0 Å². The molecule has 1 aromatic heterocycles. The first-order valence-corrected chi connectivity index (χ1v) is 6.25. The zero-order valence-electron chi connectivity index (χ0n) is 10.6. The third kappa shape index (κ3) is 3.17. The Morgan fingerprint density at radius 3 is 2.88 bits per heavy atom. The summed E-state index contributed by atoms with van der Waals surface area (Å²) in [7, 11) is 2.20. The summed E-state index contributed by atoms with van der Waals surface area (Å²) >= 11 is 0. The molecule has 2 heterocycles. The van der Waals surface area contributed by atoms with Crippen LogP contribution in [0.3, 0.4) is 0 Å². The predicted octanol–water partition coefficient (Wildman–Crippen LogP) is 1.31. The van der Waals surface area contributed by atoms with Gasteiger partial charge in [0.15, 0.2) is 0 Å². The third-order valence-electron chi connectivity index (χ3n) is 3.53. The molecule has 1 aliphatic rings. The highest BCUT2D eigenvalue weighted by molar-refractivity contribution is 5.17. The van der Waals surface area contributed by atoms with Gasteiger partial charge in [0, 0.05) is 32.2 Å². The number of piperazine rings is 1. The van der Waals surface area contributed by atoms with Gasteiger partial charge in [-0.25, -0.2) is 0 Å². The van der Waals surface area contributed by atoms with E-state index in [2.05, 4.69) is 28.8 Å². The second-order valence-corrected chi connectivity index (χ2v) is 4.79. The average Bonchev–Trinajstić information content (AvgIpc) is 2.34. The summed E-state index contributed by atoms with van der Waals surface area (Å²) in [6.45, 7) is 6.44. The Morgan fingerprint density at radius 1 is 1.41 bits per heavy atom. The summed E-state index contributed by atoms with van der Waals surface area (Å²) in [6.07, 6.45) is 2.71. The Kier molecular flexibility index (Phi) is 3.97. The van der Waals surface area contributed by atoms with Gasteiger partial charge in [-0.1, -0.05) is 6.92 Å². The van der Waals surface area contributed by atoms with Crippen LogP contribution in [0.5, 0.6) is 5.75 Å². The van der Waals surface area contributed by atoms with Gasteiger partial charge in [0.2, 0.25) is 0 Å². The van der Waals surface area contributed by atoms with Gasteiger partial charge < -0.3 is 10.0 Å². The molecule has 1 unspecified atom stereocenters. The van der Waals surface area contributed by atoms with Crippen molar-refractivity contribution < 1.29 is 5.11 Å². The first-order chi connectivity index (χ1) is 8.19. The molecule has 2 rings (SSSR count). The highest BCUT2D eigenvalue weighted by Gasteiger charge is 2.22. The van der Waals surface area contributed by atoms with Crippen LogP contribution < -0.4 is 0 Å². The molecule has 0 amide bonds. The molecule has 0 bridgehead atoms. The number of hydrogen-bond acceptors (Lipinski definition) is 4. The van der Waals surface area contributed by atoms with Crippen LogP contribution in [0.2, 0.25) is 0 Å². The van der Waals surface area contributed by atoms with Crippen LogP contribution in [0, 0.1) is 0 Å². The van der Waals surface area contributed by atoms with Gasteiger partial charge >= 0.3 is 0 Å². The van der Waals surface area contributed by atoms with E-state index in [1.54, 1.807) is 6.07 Å². The predicted molar refractivity (Wildman–Crippen MR) is 67.9 cm³/mol. The Hall–Kier alpha value is -1.13. The Morgan fingerprint density at radius 2 is 2.24 bits per heavy atom. The van der Waals surface area contributed by atoms with Crippen LogP contribution in [0.15, 0.2) is 18.3 Å². The van der Waals surface area contributed by atoms with E-state index in [1.165, 1.54) is 12.6 Å². The molecule has 0 radical (unpaired) electrons. The highest BCUT2D eigenvalue weighted by atomic mass is 16.3. The van der Waals surface area contributed by atoms with Gasteiger partial charge in [0.05, 0.1) is 11.9 Å². The molecule has 94 valence electrons. The molecular weight excluding hydrogens is 214 g/mol. The van der Waals surface area contributed by atoms with Crippen molar-refractivity contribution in [3.63, 3.8) is 0 Å². The van der Waals surface area contributed by atoms with Crippen LogP contribution in [0.25, 0.3) is 0 Å². The lowest BCUT2D eigenvalue weighted by molar-refractivity contribution is 0.0875. The van der Waals surface area contributed by atoms with E-state index in [0.717, 1.165) is 31.9 Å². The lowest BCUT2D eigenvalue weighted by Gasteiger charge is -2.38. The SMILES string of the molecule is CCC1CN(Cc2ccc(O)cn2)CCN1C. The fourth-order valence-electron chi connectivity index (χ4n) is 2.33. The van der Waals surface area contributed by atoms with Gasteiger partial charge in [-0.15, -0.1) is 0 Å². The first kappa shape index (κ1) is 12.3. The van der Waals surface area contributed by atoms with E-state index < -0.39 is 0 Å². The second kappa shape index (κ2) is 5.47. The van der Waals surface area contributed by atoms with Gasteiger partial charge in [0.1, 0.15) is 5.75 Å². The minimum Gasteiger partial charge on any atom is -0.506 e. The first-order valence-electron chi connectivity index (χ1n) is 6.25. The summed E-state index contributed by atoms with van der Waals surface area (Å²) in [6, 6.07) is 4.26. The summed E-state index contributed by atoms with van der Waals surface area (Å²) < 4.78 is 0. The number of likely N-dealkylation sites (N-methyl/N-ethyl adjacent to an activating group) is 1. The minimum atomic E-state index is 0.235. The maximum absolute atomic E-state index is 9.19.